The van der Waals surface area contributed by atoms with E-state index in [0.29, 0.717) is 18.9 Å². The first-order valence-corrected chi connectivity index (χ1v) is 8.28. The molecule has 122 valence electrons. The van der Waals surface area contributed by atoms with Gasteiger partial charge < -0.3 is 9.84 Å². The van der Waals surface area contributed by atoms with Crippen molar-refractivity contribution < 1.29 is 9.32 Å². The van der Waals surface area contributed by atoms with Crippen LogP contribution in [0.4, 0.5) is 0 Å². The van der Waals surface area contributed by atoms with Crippen LogP contribution < -0.4 is 5.32 Å². The van der Waals surface area contributed by atoms with E-state index in [0.717, 1.165) is 30.7 Å². The summed E-state index contributed by atoms with van der Waals surface area (Å²) in [5, 5.41) is 7.00. The average molecular weight is 313 g/mol. The summed E-state index contributed by atoms with van der Waals surface area (Å²) >= 11 is 0. The smallest absolute Gasteiger partial charge is 0.230 e. The molecule has 23 heavy (non-hydrogen) atoms. The van der Waals surface area contributed by atoms with Crippen molar-refractivity contribution in [3.05, 3.63) is 47.6 Å². The third kappa shape index (κ3) is 3.44. The lowest BCUT2D eigenvalue weighted by Gasteiger charge is -2.15. The molecule has 0 saturated heterocycles. The lowest BCUT2D eigenvalue weighted by atomic mass is 9.95. The minimum absolute atomic E-state index is 0.136. The first kappa shape index (κ1) is 15.7. The largest absolute Gasteiger partial charge is 0.355 e. The maximum absolute atomic E-state index is 12.5. The summed E-state index contributed by atoms with van der Waals surface area (Å²) in [5.41, 5.74) is 0.826. The van der Waals surface area contributed by atoms with E-state index in [1.54, 1.807) is 0 Å². The van der Waals surface area contributed by atoms with E-state index in [1.807, 2.05) is 44.2 Å². The predicted octanol–water partition coefficient (Wildman–Crippen LogP) is 2.97. The topological polar surface area (TPSA) is 68.0 Å². The molecule has 0 aliphatic heterocycles. The Morgan fingerprint density at radius 1 is 1.30 bits per heavy atom. The number of nitrogens with one attached hydrogen (secondary N) is 1. The lowest BCUT2D eigenvalue weighted by molar-refractivity contribution is -0.123. The van der Waals surface area contributed by atoms with Gasteiger partial charge in [0.2, 0.25) is 11.8 Å². The zero-order valence-electron chi connectivity index (χ0n) is 13.7. The molecule has 1 amide bonds. The Balaban J connectivity index is 1.46. The molecule has 2 aromatic rings. The van der Waals surface area contributed by atoms with Gasteiger partial charge in [-0.1, -0.05) is 49.3 Å². The molecule has 3 rings (SSSR count). The minimum Gasteiger partial charge on any atom is -0.355 e. The molecule has 0 atom stereocenters. The fourth-order valence-electron chi connectivity index (χ4n) is 2.74. The van der Waals surface area contributed by atoms with E-state index in [1.165, 1.54) is 0 Å². The molecule has 1 aliphatic rings. The van der Waals surface area contributed by atoms with Crippen LogP contribution in [0, 0.1) is 0 Å². The highest BCUT2D eigenvalue weighted by Crippen LogP contribution is 2.48. The molecule has 1 N–H and O–H groups in total. The fourth-order valence-corrected chi connectivity index (χ4v) is 2.74. The van der Waals surface area contributed by atoms with Crippen LogP contribution in [-0.4, -0.2) is 22.6 Å². The average Bonchev–Trinajstić information content (AvgIpc) is 3.24. The van der Waals surface area contributed by atoms with E-state index < -0.39 is 0 Å². The van der Waals surface area contributed by atoms with Crippen LogP contribution in [0.2, 0.25) is 0 Å². The fraction of sp³-hybridized carbons (Fsp3) is 0.500. The first-order valence-electron chi connectivity index (χ1n) is 8.28. The van der Waals surface area contributed by atoms with Crippen LogP contribution in [0.1, 0.15) is 56.3 Å². The number of nitrogens with zero attached hydrogens (tertiary/aromatic N) is 2. The van der Waals surface area contributed by atoms with Crippen molar-refractivity contribution in [2.75, 3.05) is 6.54 Å². The summed E-state index contributed by atoms with van der Waals surface area (Å²) in [6, 6.07) is 10.0. The summed E-state index contributed by atoms with van der Waals surface area (Å²) in [4.78, 5) is 16.8. The highest BCUT2D eigenvalue weighted by atomic mass is 16.5. The quantitative estimate of drug-likeness (QED) is 0.798. The van der Waals surface area contributed by atoms with Gasteiger partial charge in [-0.25, -0.2) is 0 Å². The van der Waals surface area contributed by atoms with Gasteiger partial charge in [0.15, 0.2) is 5.82 Å². The van der Waals surface area contributed by atoms with E-state index >= 15 is 0 Å². The number of aromatic nitrogens is 2. The number of hydrogen-bond acceptors (Lipinski definition) is 4. The molecule has 5 nitrogen and oxygen atoms in total. The van der Waals surface area contributed by atoms with Gasteiger partial charge in [-0.05, 0) is 24.8 Å². The van der Waals surface area contributed by atoms with Crippen molar-refractivity contribution in [2.24, 2.45) is 0 Å². The van der Waals surface area contributed by atoms with E-state index in [9.17, 15) is 4.79 Å². The number of hydrogen-bond donors (Lipinski definition) is 1. The molecule has 0 spiro atoms. The number of benzene rings is 1. The Bertz CT molecular complexity index is 660. The number of amides is 1. The van der Waals surface area contributed by atoms with Crippen LogP contribution in [0.15, 0.2) is 34.9 Å². The van der Waals surface area contributed by atoms with Crippen molar-refractivity contribution in [2.45, 2.75) is 50.9 Å². The van der Waals surface area contributed by atoms with Gasteiger partial charge in [0.1, 0.15) is 0 Å². The number of carbonyl (C=O) groups is 1. The Labute approximate surface area is 136 Å². The van der Waals surface area contributed by atoms with Crippen LogP contribution in [0.25, 0.3) is 0 Å². The van der Waals surface area contributed by atoms with Gasteiger partial charge in [-0.3, -0.25) is 4.79 Å². The van der Waals surface area contributed by atoms with Gasteiger partial charge in [-0.15, -0.1) is 0 Å². The lowest BCUT2D eigenvalue weighted by Crippen LogP contribution is -2.35. The third-order valence-corrected chi connectivity index (χ3v) is 4.36. The van der Waals surface area contributed by atoms with Crippen LogP contribution in [0.5, 0.6) is 0 Å². The normalized spacial score (nSPS) is 15.6. The van der Waals surface area contributed by atoms with Crippen LogP contribution in [-0.2, 0) is 16.6 Å². The van der Waals surface area contributed by atoms with Gasteiger partial charge in [0.05, 0.1) is 5.41 Å². The molecular weight excluding hydrogens is 290 g/mol. The van der Waals surface area contributed by atoms with Crippen molar-refractivity contribution >= 4 is 5.91 Å². The molecule has 1 fully saturated rings. The molecule has 1 heterocycles. The second-order valence-corrected chi connectivity index (χ2v) is 6.51. The Hall–Kier alpha value is -2.17. The molecule has 1 aliphatic carbocycles. The summed E-state index contributed by atoms with van der Waals surface area (Å²) in [6.07, 6.45) is 3.36. The van der Waals surface area contributed by atoms with Gasteiger partial charge >= 0.3 is 0 Å². The predicted molar refractivity (Wildman–Crippen MR) is 87.1 cm³/mol. The number of aryl methyl sites for hydroxylation is 1. The Kier molecular flexibility index (Phi) is 4.46. The minimum atomic E-state index is -0.295. The number of rotatable bonds is 7. The Morgan fingerprint density at radius 2 is 2.04 bits per heavy atom. The van der Waals surface area contributed by atoms with Crippen molar-refractivity contribution in [3.63, 3.8) is 0 Å². The van der Waals surface area contributed by atoms with E-state index in [2.05, 4.69) is 15.5 Å². The molecular formula is C18H23N3O2. The highest BCUT2D eigenvalue weighted by Gasteiger charge is 2.50. The van der Waals surface area contributed by atoms with Crippen molar-refractivity contribution in [1.82, 2.24) is 15.5 Å². The molecule has 0 radical (unpaired) electrons. The second-order valence-electron chi connectivity index (χ2n) is 6.51. The Morgan fingerprint density at radius 3 is 2.65 bits per heavy atom. The summed E-state index contributed by atoms with van der Waals surface area (Å²) in [5.74, 6) is 1.79. The van der Waals surface area contributed by atoms with E-state index in [-0.39, 0.29) is 17.2 Å². The molecule has 0 unspecified atom stereocenters. The monoisotopic (exact) mass is 313 g/mol. The van der Waals surface area contributed by atoms with Crippen molar-refractivity contribution in [3.8, 4) is 0 Å². The van der Waals surface area contributed by atoms with Crippen LogP contribution >= 0.6 is 0 Å². The van der Waals surface area contributed by atoms with Crippen molar-refractivity contribution in [1.29, 1.82) is 0 Å². The summed E-state index contributed by atoms with van der Waals surface area (Å²) in [7, 11) is 0. The summed E-state index contributed by atoms with van der Waals surface area (Å²) < 4.78 is 5.21. The van der Waals surface area contributed by atoms with Gasteiger partial charge in [0, 0.05) is 18.9 Å². The molecule has 1 aromatic carbocycles. The standard InChI is InChI=1S/C18H23N3O2/c1-13(2)16-20-15(23-21-16)9-6-12-19-17(22)18(10-11-18)14-7-4-3-5-8-14/h3-5,7-8,13H,6,9-12H2,1-2H3,(H,19,22). The summed E-state index contributed by atoms with van der Waals surface area (Å²) in [6.45, 7) is 4.70. The maximum Gasteiger partial charge on any atom is 0.230 e. The molecule has 1 aromatic heterocycles. The number of carbonyl (C=O) groups excluding carboxylic acids is 1. The maximum atomic E-state index is 12.5. The van der Waals surface area contributed by atoms with Crippen LogP contribution in [0.3, 0.4) is 0 Å². The molecule has 0 bridgehead atoms. The van der Waals surface area contributed by atoms with Gasteiger partial charge in [0.25, 0.3) is 0 Å². The highest BCUT2D eigenvalue weighted by molar-refractivity contribution is 5.91. The molecule has 1 saturated carbocycles. The van der Waals surface area contributed by atoms with E-state index in [4.69, 9.17) is 4.52 Å². The molecule has 5 heteroatoms. The first-order chi connectivity index (χ1) is 11.1. The third-order valence-electron chi connectivity index (χ3n) is 4.36. The zero-order chi connectivity index (χ0) is 16.3. The zero-order valence-corrected chi connectivity index (χ0v) is 13.7. The SMILES string of the molecule is CC(C)c1noc(CCCNC(=O)C2(c3ccccc3)CC2)n1. The van der Waals surface area contributed by atoms with Gasteiger partial charge in [-0.2, -0.15) is 4.98 Å². The second kappa shape index (κ2) is 6.52.